The fourth-order valence-corrected chi connectivity index (χ4v) is 5.03. The van der Waals surface area contributed by atoms with E-state index in [0.717, 1.165) is 23.1 Å². The van der Waals surface area contributed by atoms with Gasteiger partial charge >= 0.3 is 0 Å². The van der Waals surface area contributed by atoms with Crippen molar-refractivity contribution >= 4 is 79.7 Å². The minimum atomic E-state index is -0.591. The van der Waals surface area contributed by atoms with Crippen molar-refractivity contribution in [3.05, 3.63) is 86.2 Å². The first-order valence-corrected chi connectivity index (χ1v) is 14.4. The second-order valence-corrected chi connectivity index (χ2v) is 11.0. The second kappa shape index (κ2) is 13.7. The van der Waals surface area contributed by atoms with E-state index < -0.39 is 23.6 Å². The first-order chi connectivity index (χ1) is 19.7. The molecule has 41 heavy (non-hydrogen) atoms. The van der Waals surface area contributed by atoms with Gasteiger partial charge in [-0.15, -0.1) is 0 Å². The zero-order valence-electron chi connectivity index (χ0n) is 22.0. The van der Waals surface area contributed by atoms with E-state index in [4.69, 9.17) is 21.1 Å². The highest BCUT2D eigenvalue weighted by molar-refractivity contribution is 9.10. The molecule has 1 fully saturated rings. The first kappa shape index (κ1) is 30.2. The van der Waals surface area contributed by atoms with E-state index in [1.807, 2.05) is 24.3 Å². The first-order valence-electron chi connectivity index (χ1n) is 12.4. The number of thioether (sulfide) groups is 1. The van der Waals surface area contributed by atoms with E-state index in [2.05, 4.69) is 33.5 Å². The van der Waals surface area contributed by atoms with E-state index in [9.17, 15) is 19.2 Å². The molecule has 0 aromatic heterocycles. The molecule has 1 aliphatic heterocycles. The van der Waals surface area contributed by atoms with E-state index in [-0.39, 0.29) is 17.4 Å². The Balaban J connectivity index is 1.36. The number of imide groups is 1. The van der Waals surface area contributed by atoms with Crippen molar-refractivity contribution in [2.45, 2.75) is 13.3 Å². The standard InChI is InChI=1S/C29H25BrClN3O6S/c1-3-17-4-7-19(8-5-17)32-27(36)16-40-23-11-6-18(12-24(23)39-2)13-25-28(37)34(29(38)41-25)15-26(35)33-20-9-10-21(30)22(31)14-20/h4-14H,3,15-16H2,1-2H3,(H,32,36)(H,33,35)/b25-13-. The molecule has 0 atom stereocenters. The summed E-state index contributed by atoms with van der Waals surface area (Å²) >= 11 is 10.1. The molecule has 0 unspecified atom stereocenters. The number of halogens is 2. The molecule has 0 saturated carbocycles. The van der Waals surface area contributed by atoms with Gasteiger partial charge in [-0.2, -0.15) is 0 Å². The van der Waals surface area contributed by atoms with Crippen LogP contribution in [0.3, 0.4) is 0 Å². The Morgan fingerprint density at radius 1 is 0.976 bits per heavy atom. The fourth-order valence-electron chi connectivity index (χ4n) is 3.76. The van der Waals surface area contributed by atoms with Gasteiger partial charge in [0.15, 0.2) is 18.1 Å². The van der Waals surface area contributed by atoms with Crippen LogP contribution in [0.5, 0.6) is 11.5 Å². The highest BCUT2D eigenvalue weighted by atomic mass is 79.9. The molecule has 0 radical (unpaired) electrons. The Bertz CT molecular complexity index is 1530. The van der Waals surface area contributed by atoms with Gasteiger partial charge < -0.3 is 20.1 Å². The second-order valence-electron chi connectivity index (χ2n) is 8.74. The van der Waals surface area contributed by atoms with Crippen LogP contribution < -0.4 is 20.1 Å². The topological polar surface area (TPSA) is 114 Å². The number of aryl methyl sites for hydroxylation is 1. The summed E-state index contributed by atoms with van der Waals surface area (Å²) in [6, 6.07) is 17.3. The summed E-state index contributed by atoms with van der Waals surface area (Å²) in [6.07, 6.45) is 2.43. The largest absolute Gasteiger partial charge is 0.493 e. The number of carbonyl (C=O) groups excluding carboxylic acids is 4. The third-order valence-electron chi connectivity index (χ3n) is 5.87. The average Bonchev–Trinajstić information content (AvgIpc) is 3.21. The van der Waals surface area contributed by atoms with E-state index in [1.54, 1.807) is 36.4 Å². The molecule has 0 aliphatic carbocycles. The molecule has 3 aromatic rings. The molecule has 9 nitrogen and oxygen atoms in total. The Kier molecular flexibility index (Phi) is 10.1. The maximum atomic E-state index is 12.9. The predicted octanol–water partition coefficient (Wildman–Crippen LogP) is 6.37. The van der Waals surface area contributed by atoms with Crippen LogP contribution >= 0.6 is 39.3 Å². The molecular formula is C29H25BrClN3O6S. The smallest absolute Gasteiger partial charge is 0.294 e. The number of nitrogens with zero attached hydrogens (tertiary/aromatic N) is 1. The number of hydrogen-bond donors (Lipinski definition) is 2. The summed E-state index contributed by atoms with van der Waals surface area (Å²) in [7, 11) is 1.45. The van der Waals surface area contributed by atoms with Gasteiger partial charge in [0.05, 0.1) is 17.0 Å². The number of nitrogens with one attached hydrogen (secondary N) is 2. The van der Waals surface area contributed by atoms with Crippen LogP contribution in [-0.4, -0.2) is 48.1 Å². The van der Waals surface area contributed by atoms with E-state index in [1.165, 1.54) is 18.7 Å². The van der Waals surface area contributed by atoms with Crippen molar-refractivity contribution < 1.29 is 28.7 Å². The summed E-state index contributed by atoms with van der Waals surface area (Å²) in [4.78, 5) is 51.2. The molecule has 1 saturated heterocycles. The normalized spacial score (nSPS) is 13.9. The molecule has 0 spiro atoms. The van der Waals surface area contributed by atoms with Crippen molar-refractivity contribution in [1.29, 1.82) is 0 Å². The van der Waals surface area contributed by atoms with Crippen molar-refractivity contribution in [3.8, 4) is 11.5 Å². The summed E-state index contributed by atoms with van der Waals surface area (Å²) in [6.45, 7) is 1.37. The Morgan fingerprint density at radius 3 is 2.37 bits per heavy atom. The molecule has 2 N–H and O–H groups in total. The van der Waals surface area contributed by atoms with Crippen LogP contribution in [0.1, 0.15) is 18.1 Å². The highest BCUT2D eigenvalue weighted by Gasteiger charge is 2.36. The number of benzene rings is 3. The van der Waals surface area contributed by atoms with Gasteiger partial charge in [0, 0.05) is 15.8 Å². The molecule has 0 bridgehead atoms. The van der Waals surface area contributed by atoms with Crippen molar-refractivity contribution in [2.75, 3.05) is 30.9 Å². The van der Waals surface area contributed by atoms with Crippen molar-refractivity contribution in [2.24, 2.45) is 0 Å². The zero-order chi connectivity index (χ0) is 29.5. The van der Waals surface area contributed by atoms with Crippen LogP contribution in [0.15, 0.2) is 70.0 Å². The molecule has 4 amide bonds. The lowest BCUT2D eigenvalue weighted by molar-refractivity contribution is -0.127. The zero-order valence-corrected chi connectivity index (χ0v) is 25.2. The highest BCUT2D eigenvalue weighted by Crippen LogP contribution is 2.34. The molecule has 12 heteroatoms. The number of ether oxygens (including phenoxy) is 2. The van der Waals surface area contributed by atoms with Gasteiger partial charge in [-0.25, -0.2) is 0 Å². The molecule has 3 aromatic carbocycles. The quantitative estimate of drug-likeness (QED) is 0.244. The Morgan fingerprint density at radius 2 is 1.68 bits per heavy atom. The van der Waals surface area contributed by atoms with E-state index in [0.29, 0.717) is 37.9 Å². The van der Waals surface area contributed by atoms with Gasteiger partial charge in [0.1, 0.15) is 6.54 Å². The third kappa shape index (κ3) is 7.90. The van der Waals surface area contributed by atoms with Gasteiger partial charge in [-0.05, 0) is 93.8 Å². The summed E-state index contributed by atoms with van der Waals surface area (Å²) in [5, 5.41) is 5.25. The minimum absolute atomic E-state index is 0.152. The minimum Gasteiger partial charge on any atom is -0.493 e. The monoisotopic (exact) mass is 657 g/mol. The Hall–Kier alpha value is -3.80. The van der Waals surface area contributed by atoms with Crippen LogP contribution in [-0.2, 0) is 20.8 Å². The lowest BCUT2D eigenvalue weighted by atomic mass is 10.1. The number of hydrogen-bond acceptors (Lipinski definition) is 7. The summed E-state index contributed by atoms with van der Waals surface area (Å²) < 4.78 is 11.7. The molecule has 212 valence electrons. The van der Waals surface area contributed by atoms with Gasteiger partial charge in [-0.1, -0.05) is 36.7 Å². The van der Waals surface area contributed by atoms with Crippen molar-refractivity contribution in [1.82, 2.24) is 4.90 Å². The molecular weight excluding hydrogens is 634 g/mol. The average molecular weight is 659 g/mol. The van der Waals surface area contributed by atoms with Crippen LogP contribution in [0.4, 0.5) is 16.2 Å². The van der Waals surface area contributed by atoms with Crippen LogP contribution in [0, 0.1) is 0 Å². The predicted molar refractivity (Wildman–Crippen MR) is 163 cm³/mol. The lowest BCUT2D eigenvalue weighted by Crippen LogP contribution is -2.36. The summed E-state index contributed by atoms with van der Waals surface area (Å²) in [5.74, 6) is -0.796. The van der Waals surface area contributed by atoms with Gasteiger partial charge in [-0.3, -0.25) is 24.1 Å². The third-order valence-corrected chi connectivity index (χ3v) is 8.01. The van der Waals surface area contributed by atoms with Gasteiger partial charge in [0.25, 0.3) is 17.1 Å². The maximum Gasteiger partial charge on any atom is 0.294 e. The van der Waals surface area contributed by atoms with Gasteiger partial charge in [0.2, 0.25) is 5.91 Å². The van der Waals surface area contributed by atoms with E-state index >= 15 is 0 Å². The Labute approximate surface area is 254 Å². The number of anilines is 2. The molecule has 4 rings (SSSR count). The van der Waals surface area contributed by atoms with Crippen LogP contribution in [0.2, 0.25) is 5.02 Å². The molecule has 1 heterocycles. The molecule has 1 aliphatic rings. The number of rotatable bonds is 10. The number of amides is 4. The maximum absolute atomic E-state index is 12.9. The van der Waals surface area contributed by atoms with Crippen LogP contribution in [0.25, 0.3) is 6.08 Å². The SMILES string of the molecule is CCc1ccc(NC(=O)COc2ccc(/C=C3\SC(=O)N(CC(=O)Nc4ccc(Br)c(Cl)c4)C3=O)cc2OC)cc1. The van der Waals surface area contributed by atoms with Crippen molar-refractivity contribution in [3.63, 3.8) is 0 Å². The lowest BCUT2D eigenvalue weighted by Gasteiger charge is -2.13. The number of carbonyl (C=O) groups is 4. The summed E-state index contributed by atoms with van der Waals surface area (Å²) in [5.41, 5.74) is 2.83. The number of methoxy groups -OCH3 is 1. The fraction of sp³-hybridized carbons (Fsp3) is 0.172.